The van der Waals surface area contributed by atoms with Gasteiger partial charge >= 0.3 is 6.03 Å². The van der Waals surface area contributed by atoms with E-state index in [0.29, 0.717) is 17.2 Å². The summed E-state index contributed by atoms with van der Waals surface area (Å²) in [6.07, 6.45) is 2.99. The zero-order valence-electron chi connectivity index (χ0n) is 11.1. The van der Waals surface area contributed by atoms with Gasteiger partial charge in [-0.3, -0.25) is 10.1 Å². The third kappa shape index (κ3) is 3.09. The molecular weight excluding hydrogens is 310 g/mol. The normalized spacial score (nSPS) is 15.8. The minimum Gasteiger partial charge on any atom is -0.469 e. The van der Waals surface area contributed by atoms with Gasteiger partial charge in [0.05, 0.1) is 6.26 Å². The molecule has 0 bridgehead atoms. The van der Waals surface area contributed by atoms with E-state index in [1.807, 2.05) is 0 Å². The topological polar surface area (TPSA) is 93.5 Å². The monoisotopic (exact) mass is 319 g/mol. The van der Waals surface area contributed by atoms with E-state index >= 15 is 0 Å². The highest BCUT2D eigenvalue weighted by atomic mass is 35.5. The molecule has 0 saturated carbocycles. The lowest BCUT2D eigenvalue weighted by molar-refractivity contribution is -0.115. The molecule has 7 nitrogen and oxygen atoms in total. The number of nitrogens with zero attached hydrogens (tertiary/aromatic N) is 1. The molecule has 22 heavy (non-hydrogen) atoms. The average molecular weight is 320 g/mol. The first-order valence-electron chi connectivity index (χ1n) is 6.27. The van der Waals surface area contributed by atoms with Gasteiger partial charge in [-0.15, -0.1) is 0 Å². The molecule has 0 aliphatic carbocycles. The fourth-order valence-corrected chi connectivity index (χ4v) is 1.99. The van der Waals surface area contributed by atoms with Crippen molar-refractivity contribution in [2.24, 2.45) is 0 Å². The Morgan fingerprint density at radius 3 is 2.77 bits per heavy atom. The van der Waals surface area contributed by atoms with Crippen LogP contribution in [-0.2, 0) is 11.4 Å². The molecule has 1 aliphatic rings. The number of hydrogen-bond donors (Lipinski definition) is 2. The van der Waals surface area contributed by atoms with Crippen molar-refractivity contribution in [3.8, 4) is 5.88 Å². The van der Waals surface area contributed by atoms with Crippen LogP contribution in [0.15, 0.2) is 40.6 Å². The second-order valence-electron chi connectivity index (χ2n) is 4.36. The molecule has 2 aromatic heterocycles. The van der Waals surface area contributed by atoms with E-state index < -0.39 is 11.9 Å². The molecule has 3 rings (SSSR count). The molecule has 8 heteroatoms. The van der Waals surface area contributed by atoms with Crippen LogP contribution in [0.3, 0.4) is 0 Å². The van der Waals surface area contributed by atoms with Crippen molar-refractivity contribution in [3.05, 3.63) is 52.7 Å². The van der Waals surface area contributed by atoms with Gasteiger partial charge in [-0.25, -0.2) is 9.78 Å². The first-order chi connectivity index (χ1) is 10.6. The van der Waals surface area contributed by atoms with Crippen LogP contribution in [0.4, 0.5) is 4.79 Å². The summed E-state index contributed by atoms with van der Waals surface area (Å²) in [4.78, 5) is 26.5. The molecule has 2 aromatic rings. The highest BCUT2D eigenvalue weighted by Gasteiger charge is 2.23. The van der Waals surface area contributed by atoms with Crippen LogP contribution >= 0.6 is 11.6 Å². The van der Waals surface area contributed by atoms with Crippen molar-refractivity contribution in [2.75, 3.05) is 0 Å². The van der Waals surface area contributed by atoms with Crippen LogP contribution in [0.1, 0.15) is 11.3 Å². The Morgan fingerprint density at radius 2 is 2.14 bits per heavy atom. The molecule has 0 spiro atoms. The van der Waals surface area contributed by atoms with Gasteiger partial charge in [-0.2, -0.15) is 0 Å². The minimum absolute atomic E-state index is 0.109. The maximum atomic E-state index is 11.4. The molecule has 0 radical (unpaired) electrons. The Labute approximate surface area is 129 Å². The second-order valence-corrected chi connectivity index (χ2v) is 4.72. The third-order valence-corrected chi connectivity index (χ3v) is 3.12. The van der Waals surface area contributed by atoms with E-state index in [4.69, 9.17) is 20.8 Å². The number of pyridine rings is 1. The number of imide groups is 1. The smallest absolute Gasteiger partial charge is 0.326 e. The van der Waals surface area contributed by atoms with Crippen molar-refractivity contribution in [2.45, 2.75) is 6.61 Å². The van der Waals surface area contributed by atoms with E-state index in [1.54, 1.807) is 30.5 Å². The van der Waals surface area contributed by atoms with Gasteiger partial charge in [-0.1, -0.05) is 11.6 Å². The Hall–Kier alpha value is -2.80. The van der Waals surface area contributed by atoms with Crippen LogP contribution in [0, 0.1) is 0 Å². The molecule has 3 heterocycles. The Balaban J connectivity index is 1.73. The summed E-state index contributed by atoms with van der Waals surface area (Å²) in [5, 5.41) is 4.62. The first kappa shape index (κ1) is 14.2. The Kier molecular flexibility index (Phi) is 3.80. The lowest BCUT2D eigenvalue weighted by atomic mass is 10.2. The number of hydrogen-bond acceptors (Lipinski definition) is 5. The summed E-state index contributed by atoms with van der Waals surface area (Å²) < 4.78 is 10.6. The quantitative estimate of drug-likeness (QED) is 0.511. The van der Waals surface area contributed by atoms with E-state index in [9.17, 15) is 9.59 Å². The second kappa shape index (κ2) is 5.90. The fraction of sp³-hybridized carbons (Fsp3) is 0.0714. The number of nitrogens with one attached hydrogen (secondary N) is 2. The van der Waals surface area contributed by atoms with Gasteiger partial charge in [0.25, 0.3) is 5.91 Å². The largest absolute Gasteiger partial charge is 0.469 e. The number of aromatic nitrogens is 1. The number of halogens is 1. The summed E-state index contributed by atoms with van der Waals surface area (Å²) in [6, 6.07) is 6.21. The van der Waals surface area contributed by atoms with Crippen molar-refractivity contribution < 1.29 is 18.7 Å². The van der Waals surface area contributed by atoms with Crippen molar-refractivity contribution in [1.29, 1.82) is 0 Å². The number of furan rings is 1. The number of carbonyl (C=O) groups is 2. The fourth-order valence-electron chi connectivity index (χ4n) is 1.79. The van der Waals surface area contributed by atoms with Crippen LogP contribution in [-0.4, -0.2) is 16.9 Å². The summed E-state index contributed by atoms with van der Waals surface area (Å²) >= 11 is 6.05. The summed E-state index contributed by atoms with van der Waals surface area (Å²) in [5.41, 5.74) is 0.595. The number of urea groups is 1. The van der Waals surface area contributed by atoms with Crippen LogP contribution in [0.5, 0.6) is 5.88 Å². The summed E-state index contributed by atoms with van der Waals surface area (Å²) in [5.74, 6) is 0.470. The molecule has 3 amide bonds. The lowest BCUT2D eigenvalue weighted by Gasteiger charge is -2.05. The maximum absolute atomic E-state index is 11.4. The van der Waals surface area contributed by atoms with E-state index in [2.05, 4.69) is 15.6 Å². The molecule has 1 aliphatic heterocycles. The zero-order chi connectivity index (χ0) is 15.5. The minimum atomic E-state index is -0.571. The predicted molar refractivity (Wildman–Crippen MR) is 76.9 cm³/mol. The molecule has 1 saturated heterocycles. The van der Waals surface area contributed by atoms with E-state index in [1.165, 1.54) is 6.08 Å². The highest BCUT2D eigenvalue weighted by molar-refractivity contribution is 6.31. The first-order valence-corrected chi connectivity index (χ1v) is 6.65. The molecule has 0 atom stereocenters. The number of amides is 3. The standard InChI is InChI=1S/C14H10ClN3O4/c15-12-8(6-10-13(19)18-14(20)16-10)3-4-11(17-12)22-7-9-2-1-5-21-9/h1-6H,7H2,(H2,16,18,19,20)/b10-6-. The summed E-state index contributed by atoms with van der Waals surface area (Å²) in [7, 11) is 0. The van der Waals surface area contributed by atoms with Crippen LogP contribution in [0.25, 0.3) is 6.08 Å². The highest BCUT2D eigenvalue weighted by Crippen LogP contribution is 2.21. The molecule has 0 unspecified atom stereocenters. The number of rotatable bonds is 4. The number of carbonyl (C=O) groups excluding carboxylic acids is 2. The van der Waals surface area contributed by atoms with Gasteiger partial charge in [0.2, 0.25) is 5.88 Å². The van der Waals surface area contributed by atoms with Crippen LogP contribution in [0.2, 0.25) is 5.15 Å². The lowest BCUT2D eigenvalue weighted by Crippen LogP contribution is -2.22. The average Bonchev–Trinajstić information content (AvgIpc) is 3.09. The molecular formula is C14H10ClN3O4. The Morgan fingerprint density at radius 1 is 1.27 bits per heavy atom. The van der Waals surface area contributed by atoms with Gasteiger partial charge in [-0.05, 0) is 24.3 Å². The van der Waals surface area contributed by atoms with Crippen molar-refractivity contribution >= 4 is 29.6 Å². The van der Waals surface area contributed by atoms with Gasteiger partial charge in [0, 0.05) is 11.6 Å². The number of ether oxygens (including phenoxy) is 1. The SMILES string of the molecule is O=C1NC(=O)/C(=C/c2ccc(OCc3ccco3)nc2Cl)N1. The molecule has 1 fully saturated rings. The molecule has 2 N–H and O–H groups in total. The molecule has 112 valence electrons. The van der Waals surface area contributed by atoms with E-state index in [-0.39, 0.29) is 17.5 Å². The van der Waals surface area contributed by atoms with Crippen LogP contribution < -0.4 is 15.4 Å². The van der Waals surface area contributed by atoms with Crippen molar-refractivity contribution in [1.82, 2.24) is 15.6 Å². The maximum Gasteiger partial charge on any atom is 0.326 e. The summed E-state index contributed by atoms with van der Waals surface area (Å²) in [6.45, 7) is 0.231. The van der Waals surface area contributed by atoms with Crippen molar-refractivity contribution in [3.63, 3.8) is 0 Å². The van der Waals surface area contributed by atoms with Gasteiger partial charge in [0.1, 0.15) is 23.2 Å². The third-order valence-electron chi connectivity index (χ3n) is 2.81. The predicted octanol–water partition coefficient (Wildman–Crippen LogP) is 2.09. The Bertz CT molecular complexity index is 755. The van der Waals surface area contributed by atoms with E-state index in [0.717, 1.165) is 0 Å². The van der Waals surface area contributed by atoms with Gasteiger partial charge in [0.15, 0.2) is 0 Å². The molecule has 0 aromatic carbocycles. The zero-order valence-corrected chi connectivity index (χ0v) is 11.9. The van der Waals surface area contributed by atoms with Gasteiger partial charge < -0.3 is 14.5 Å².